The van der Waals surface area contributed by atoms with E-state index in [4.69, 9.17) is 0 Å². The first-order chi connectivity index (χ1) is 8.83. The Morgan fingerprint density at radius 3 is 2.11 bits per heavy atom. The Hall–Kier alpha value is 0.697. The Morgan fingerprint density at radius 1 is 0.944 bits per heavy atom. The van der Waals surface area contributed by atoms with Crippen LogP contribution in [0.3, 0.4) is 0 Å². The maximum absolute atomic E-state index is 3.60. The average molecular weight is 331 g/mol. The second-order valence-corrected chi connectivity index (χ2v) is 11.1. The molecular formula is C16H31BrSi. The molecule has 0 radical (unpaired) electrons. The van der Waals surface area contributed by atoms with Gasteiger partial charge in [-0.15, -0.1) is 0 Å². The molecule has 1 aliphatic carbocycles. The molecular weight excluding hydrogens is 300 g/mol. The Balaban J connectivity index is 1.68. The van der Waals surface area contributed by atoms with Crippen LogP contribution in [0.2, 0.25) is 18.1 Å². The van der Waals surface area contributed by atoms with Crippen molar-refractivity contribution < 1.29 is 0 Å². The average Bonchev–Trinajstić information content (AvgIpc) is 2.41. The normalized spacial score (nSPS) is 37.7. The van der Waals surface area contributed by atoms with Crippen LogP contribution in [0.5, 0.6) is 0 Å². The van der Waals surface area contributed by atoms with Crippen LogP contribution in [-0.4, -0.2) is 14.1 Å². The van der Waals surface area contributed by atoms with Crippen LogP contribution < -0.4 is 0 Å². The van der Waals surface area contributed by atoms with Gasteiger partial charge in [-0.3, -0.25) is 0 Å². The number of halogens is 1. The molecule has 0 N–H and O–H groups in total. The molecule has 2 heteroatoms. The minimum atomic E-state index is -0.249. The van der Waals surface area contributed by atoms with Crippen molar-refractivity contribution in [2.45, 2.75) is 76.4 Å². The van der Waals surface area contributed by atoms with Gasteiger partial charge in [-0.2, -0.15) is 0 Å². The van der Waals surface area contributed by atoms with Crippen molar-refractivity contribution >= 4 is 24.7 Å². The third-order valence-electron chi connectivity index (χ3n) is 5.66. The summed E-state index contributed by atoms with van der Waals surface area (Å²) < 4.78 is 0. The second-order valence-electron chi connectivity index (χ2n) is 6.83. The van der Waals surface area contributed by atoms with Crippen LogP contribution in [0.1, 0.15) is 58.3 Å². The maximum atomic E-state index is 3.60. The summed E-state index contributed by atoms with van der Waals surface area (Å²) in [7, 11) is -0.249. The van der Waals surface area contributed by atoms with Gasteiger partial charge in [-0.25, -0.2) is 0 Å². The molecule has 2 rings (SSSR count). The quantitative estimate of drug-likeness (QED) is 0.453. The highest BCUT2D eigenvalue weighted by Crippen LogP contribution is 2.41. The largest absolute Gasteiger partial charge is 0.0928 e. The Bertz CT molecular complexity index is 191. The molecule has 2 aliphatic rings. The maximum Gasteiger partial charge on any atom is 0.0367 e. The van der Waals surface area contributed by atoms with Crippen molar-refractivity contribution in [1.29, 1.82) is 0 Å². The summed E-state index contributed by atoms with van der Waals surface area (Å²) in [4.78, 5) is 0. The summed E-state index contributed by atoms with van der Waals surface area (Å²) in [5.74, 6) is 3.30. The van der Waals surface area contributed by atoms with E-state index in [1.807, 2.05) is 0 Å². The van der Waals surface area contributed by atoms with E-state index in [0.29, 0.717) is 0 Å². The first kappa shape index (κ1) is 15.1. The predicted octanol–water partition coefficient (Wildman–Crippen LogP) is 5.62. The highest BCUT2D eigenvalue weighted by atomic mass is 79.9. The van der Waals surface area contributed by atoms with Crippen LogP contribution in [-0.2, 0) is 0 Å². The van der Waals surface area contributed by atoms with Gasteiger partial charge in [0.15, 0.2) is 0 Å². The lowest BCUT2D eigenvalue weighted by Gasteiger charge is -2.37. The van der Waals surface area contributed by atoms with Crippen LogP contribution in [0.15, 0.2) is 0 Å². The molecule has 1 saturated carbocycles. The Labute approximate surface area is 124 Å². The van der Waals surface area contributed by atoms with E-state index in [1.165, 1.54) is 31.0 Å². The van der Waals surface area contributed by atoms with Gasteiger partial charge >= 0.3 is 0 Å². The van der Waals surface area contributed by atoms with Gasteiger partial charge in [0.25, 0.3) is 0 Å². The van der Waals surface area contributed by atoms with Gasteiger partial charge in [0.1, 0.15) is 0 Å². The third kappa shape index (κ3) is 4.37. The van der Waals surface area contributed by atoms with Gasteiger partial charge in [0, 0.05) is 14.1 Å². The second kappa shape index (κ2) is 8.09. The third-order valence-corrected chi connectivity index (χ3v) is 9.82. The number of alkyl halides is 1. The smallest absolute Gasteiger partial charge is 0.0367 e. The van der Waals surface area contributed by atoms with E-state index >= 15 is 0 Å². The Kier molecular flexibility index (Phi) is 6.78. The summed E-state index contributed by atoms with van der Waals surface area (Å²) in [5.41, 5.74) is 0. The molecule has 0 spiro atoms. The zero-order valence-electron chi connectivity index (χ0n) is 12.2. The van der Waals surface area contributed by atoms with Crippen molar-refractivity contribution in [2.24, 2.45) is 17.8 Å². The first-order valence-corrected chi connectivity index (χ1v) is 12.0. The molecule has 1 heterocycles. The van der Waals surface area contributed by atoms with Gasteiger partial charge in [-0.1, -0.05) is 73.1 Å². The monoisotopic (exact) mass is 330 g/mol. The minimum absolute atomic E-state index is 0.249. The highest BCUT2D eigenvalue weighted by Gasteiger charge is 2.30. The Morgan fingerprint density at radius 2 is 1.56 bits per heavy atom. The molecule has 1 aliphatic heterocycles. The van der Waals surface area contributed by atoms with Crippen LogP contribution >= 0.6 is 15.9 Å². The number of hydrogen-bond donors (Lipinski definition) is 0. The van der Waals surface area contributed by atoms with Gasteiger partial charge < -0.3 is 0 Å². The molecule has 2 fully saturated rings. The van der Waals surface area contributed by atoms with Crippen molar-refractivity contribution in [3.05, 3.63) is 0 Å². The van der Waals surface area contributed by atoms with Crippen molar-refractivity contribution in [3.8, 4) is 0 Å². The summed E-state index contributed by atoms with van der Waals surface area (Å²) in [6.07, 6.45) is 12.3. The fourth-order valence-electron chi connectivity index (χ4n) is 4.46. The lowest BCUT2D eigenvalue weighted by molar-refractivity contribution is 0.189. The molecule has 18 heavy (non-hydrogen) atoms. The molecule has 0 aromatic heterocycles. The molecule has 0 nitrogen and oxygen atoms in total. The molecule has 0 aromatic carbocycles. The molecule has 0 unspecified atom stereocenters. The van der Waals surface area contributed by atoms with Crippen molar-refractivity contribution in [1.82, 2.24) is 0 Å². The summed E-state index contributed by atoms with van der Waals surface area (Å²) in [6.45, 7) is 2.38. The fourth-order valence-corrected chi connectivity index (χ4v) is 8.59. The molecule has 0 aromatic rings. The summed E-state index contributed by atoms with van der Waals surface area (Å²) >= 11 is 3.60. The van der Waals surface area contributed by atoms with E-state index in [9.17, 15) is 0 Å². The summed E-state index contributed by atoms with van der Waals surface area (Å²) in [6, 6.07) is 4.99. The van der Waals surface area contributed by atoms with E-state index in [1.54, 1.807) is 43.8 Å². The molecule has 0 atom stereocenters. The zero-order chi connectivity index (χ0) is 12.8. The lowest BCUT2D eigenvalue weighted by Crippen LogP contribution is -2.28. The molecule has 1 saturated heterocycles. The van der Waals surface area contributed by atoms with E-state index in [2.05, 4.69) is 22.9 Å². The van der Waals surface area contributed by atoms with E-state index in [-0.39, 0.29) is 8.80 Å². The zero-order valence-corrected chi connectivity index (χ0v) is 14.9. The molecule has 0 amide bonds. The van der Waals surface area contributed by atoms with Gasteiger partial charge in [0.2, 0.25) is 0 Å². The fraction of sp³-hybridized carbons (Fsp3) is 1.00. The highest BCUT2D eigenvalue weighted by molar-refractivity contribution is 9.09. The standard InChI is InChI=1S/C16H31BrSi/c1-2-11-18-12-8-16(9-13-18)15-5-3-14(4-6-15)7-10-17/h14-16,18H,2-13H2,1H3. The predicted molar refractivity (Wildman–Crippen MR) is 88.4 cm³/mol. The lowest BCUT2D eigenvalue weighted by atomic mass is 9.73. The van der Waals surface area contributed by atoms with Crippen molar-refractivity contribution in [3.63, 3.8) is 0 Å². The van der Waals surface area contributed by atoms with Gasteiger partial charge in [0.05, 0.1) is 0 Å². The molecule has 106 valence electrons. The van der Waals surface area contributed by atoms with Crippen LogP contribution in [0.25, 0.3) is 0 Å². The van der Waals surface area contributed by atoms with Gasteiger partial charge in [-0.05, 0) is 37.0 Å². The summed E-state index contributed by atoms with van der Waals surface area (Å²) in [5, 5.41) is 1.22. The SMILES string of the molecule is CCC[SiH]1CCC(C2CCC(CCBr)CC2)CC1. The van der Waals surface area contributed by atoms with Crippen LogP contribution in [0, 0.1) is 17.8 Å². The van der Waals surface area contributed by atoms with E-state index in [0.717, 1.165) is 17.8 Å². The minimum Gasteiger partial charge on any atom is -0.0928 e. The number of rotatable bonds is 5. The topological polar surface area (TPSA) is 0 Å². The van der Waals surface area contributed by atoms with Crippen molar-refractivity contribution in [2.75, 3.05) is 5.33 Å². The first-order valence-electron chi connectivity index (χ1n) is 8.39. The van der Waals surface area contributed by atoms with E-state index < -0.39 is 0 Å². The number of hydrogen-bond acceptors (Lipinski definition) is 0. The van der Waals surface area contributed by atoms with Crippen LogP contribution in [0.4, 0.5) is 0 Å². The molecule has 0 bridgehead atoms.